The van der Waals surface area contributed by atoms with Crippen molar-refractivity contribution in [1.82, 2.24) is 10.2 Å². The molecule has 4 amide bonds. The molecule has 3 rings (SSSR count). The van der Waals surface area contributed by atoms with E-state index in [4.69, 9.17) is 23.2 Å². The van der Waals surface area contributed by atoms with Crippen molar-refractivity contribution >= 4 is 46.7 Å². The van der Waals surface area contributed by atoms with Crippen molar-refractivity contribution in [2.45, 2.75) is 46.2 Å². The fraction of sp³-hybridized carbons (Fsp3) is 0.318. The third kappa shape index (κ3) is 4.77. The van der Waals surface area contributed by atoms with Crippen molar-refractivity contribution in [3.63, 3.8) is 0 Å². The van der Waals surface area contributed by atoms with Gasteiger partial charge in [0.25, 0.3) is 0 Å². The number of hydrogen-bond donors (Lipinski definition) is 2. The summed E-state index contributed by atoms with van der Waals surface area (Å²) in [4.78, 5) is 39.0. The molecule has 1 saturated heterocycles. The fourth-order valence-corrected chi connectivity index (χ4v) is 4.17. The lowest BCUT2D eigenvalue weighted by atomic mass is 10.1. The molecule has 2 aromatic carbocycles. The molecule has 6 nitrogen and oxygen atoms in total. The number of benzene rings is 2. The maximum atomic E-state index is 12.9. The first kappa shape index (κ1) is 22.1. The lowest BCUT2D eigenvalue weighted by Gasteiger charge is -2.24. The lowest BCUT2D eigenvalue weighted by molar-refractivity contribution is -0.132. The number of anilines is 1. The van der Waals surface area contributed by atoms with Crippen molar-refractivity contribution in [2.24, 2.45) is 0 Å². The normalized spacial score (nSPS) is 16.0. The summed E-state index contributed by atoms with van der Waals surface area (Å²) in [5.74, 6) is -0.779. The van der Waals surface area contributed by atoms with Crippen LogP contribution in [0, 0.1) is 20.8 Å². The molecular weight excluding hydrogens is 425 g/mol. The summed E-state index contributed by atoms with van der Waals surface area (Å²) < 4.78 is 0. The Morgan fingerprint density at radius 1 is 1.10 bits per heavy atom. The molecule has 0 aliphatic carbocycles. The molecular formula is C22H23Cl2N3O3. The van der Waals surface area contributed by atoms with Gasteiger partial charge in [-0.25, -0.2) is 4.79 Å². The van der Waals surface area contributed by atoms with Crippen LogP contribution in [0.2, 0.25) is 10.0 Å². The first-order valence-corrected chi connectivity index (χ1v) is 10.4. The highest BCUT2D eigenvalue weighted by molar-refractivity contribution is 6.35. The number of likely N-dealkylation sites (tertiary alicyclic amines) is 1. The van der Waals surface area contributed by atoms with Crippen molar-refractivity contribution in [2.75, 3.05) is 5.32 Å². The second kappa shape index (κ2) is 9.06. The molecule has 1 aliphatic rings. The van der Waals surface area contributed by atoms with Crippen LogP contribution < -0.4 is 10.6 Å². The van der Waals surface area contributed by atoms with Gasteiger partial charge >= 0.3 is 6.03 Å². The second-order valence-corrected chi connectivity index (χ2v) is 8.32. The van der Waals surface area contributed by atoms with Gasteiger partial charge in [0.1, 0.15) is 6.04 Å². The van der Waals surface area contributed by atoms with Gasteiger partial charge in [0.05, 0.1) is 0 Å². The number of imide groups is 1. The van der Waals surface area contributed by atoms with E-state index in [1.54, 1.807) is 18.2 Å². The van der Waals surface area contributed by atoms with Gasteiger partial charge < -0.3 is 10.6 Å². The molecule has 0 radical (unpaired) electrons. The van der Waals surface area contributed by atoms with Crippen molar-refractivity contribution < 1.29 is 14.4 Å². The molecule has 0 saturated carbocycles. The molecule has 8 heteroatoms. The Labute approximate surface area is 185 Å². The van der Waals surface area contributed by atoms with Crippen LogP contribution in [0.15, 0.2) is 30.3 Å². The molecule has 2 aromatic rings. The summed E-state index contributed by atoms with van der Waals surface area (Å²) >= 11 is 12.0. The van der Waals surface area contributed by atoms with Gasteiger partial charge in [-0.05, 0) is 56.0 Å². The van der Waals surface area contributed by atoms with Gasteiger partial charge in [0.2, 0.25) is 11.8 Å². The second-order valence-electron chi connectivity index (χ2n) is 7.48. The third-order valence-electron chi connectivity index (χ3n) is 5.11. The number of rotatable bonds is 4. The fourth-order valence-electron chi connectivity index (χ4n) is 3.70. The predicted octanol–water partition coefficient (Wildman–Crippen LogP) is 4.76. The summed E-state index contributed by atoms with van der Waals surface area (Å²) in [6.45, 7) is 5.93. The number of nitrogens with zero attached hydrogens (tertiary/aromatic N) is 1. The summed E-state index contributed by atoms with van der Waals surface area (Å²) in [5, 5.41) is 6.50. The van der Waals surface area contributed by atoms with E-state index in [-0.39, 0.29) is 25.3 Å². The van der Waals surface area contributed by atoms with Gasteiger partial charge in [-0.15, -0.1) is 0 Å². The first-order valence-electron chi connectivity index (χ1n) is 9.60. The zero-order valence-corrected chi connectivity index (χ0v) is 18.5. The highest BCUT2D eigenvalue weighted by Gasteiger charge is 2.40. The molecule has 158 valence electrons. The molecule has 1 heterocycles. The number of carbonyl (C=O) groups excluding carboxylic acids is 3. The van der Waals surface area contributed by atoms with Crippen molar-refractivity contribution in [1.29, 1.82) is 0 Å². The number of nitrogens with one attached hydrogen (secondary N) is 2. The zero-order chi connectivity index (χ0) is 22.0. The molecule has 0 aromatic heterocycles. The van der Waals surface area contributed by atoms with E-state index in [1.165, 1.54) is 0 Å². The first-order chi connectivity index (χ1) is 14.2. The van der Waals surface area contributed by atoms with Crippen LogP contribution >= 0.6 is 23.2 Å². The molecule has 0 unspecified atom stereocenters. The number of aryl methyl sites for hydroxylation is 3. The summed E-state index contributed by atoms with van der Waals surface area (Å²) in [5.41, 5.74) is 4.22. The van der Waals surface area contributed by atoms with Crippen molar-refractivity contribution in [3.05, 3.63) is 62.6 Å². The number of carbonyl (C=O) groups is 3. The van der Waals surface area contributed by atoms with Crippen LogP contribution in [0.3, 0.4) is 0 Å². The van der Waals surface area contributed by atoms with Gasteiger partial charge in [-0.3, -0.25) is 14.5 Å². The minimum atomic E-state index is -0.866. The van der Waals surface area contributed by atoms with E-state index in [2.05, 4.69) is 10.6 Å². The van der Waals surface area contributed by atoms with E-state index in [0.717, 1.165) is 21.6 Å². The molecule has 30 heavy (non-hydrogen) atoms. The molecule has 1 aliphatic heterocycles. The van der Waals surface area contributed by atoms with E-state index < -0.39 is 18.0 Å². The van der Waals surface area contributed by atoms with E-state index >= 15 is 0 Å². The van der Waals surface area contributed by atoms with Crippen LogP contribution in [0.25, 0.3) is 0 Å². The van der Waals surface area contributed by atoms with E-state index in [1.807, 2.05) is 32.9 Å². The van der Waals surface area contributed by atoms with Gasteiger partial charge in [0, 0.05) is 28.7 Å². The number of halogens is 2. The molecule has 1 atom stereocenters. The van der Waals surface area contributed by atoms with Gasteiger partial charge in [0.15, 0.2) is 0 Å². The van der Waals surface area contributed by atoms with Crippen LogP contribution in [0.4, 0.5) is 10.5 Å². The Morgan fingerprint density at radius 3 is 2.40 bits per heavy atom. The Hall–Kier alpha value is -2.57. The Morgan fingerprint density at radius 2 is 1.77 bits per heavy atom. The maximum absolute atomic E-state index is 12.9. The Kier molecular flexibility index (Phi) is 6.68. The average molecular weight is 448 g/mol. The molecule has 0 spiro atoms. The minimum absolute atomic E-state index is 0.138. The minimum Gasteiger partial charge on any atom is -0.350 e. The quantitative estimate of drug-likeness (QED) is 0.708. The number of hydrogen-bond acceptors (Lipinski definition) is 3. The standard InChI is InChI=1S/C22H23Cl2N3O3/c1-12-8-13(2)20(14(3)9-12)26-22(30)27-18(6-7-19(27)28)21(29)25-11-15-4-5-16(23)10-17(15)24/h4-5,8-10,18H,6-7,11H2,1-3H3,(H,25,29)(H,26,30)/t18-/m0/s1. The Bertz CT molecular complexity index is 1000. The highest BCUT2D eigenvalue weighted by atomic mass is 35.5. The zero-order valence-electron chi connectivity index (χ0n) is 17.0. The molecule has 0 bridgehead atoms. The van der Waals surface area contributed by atoms with Crippen LogP contribution in [0.1, 0.15) is 35.1 Å². The highest BCUT2D eigenvalue weighted by Crippen LogP contribution is 2.26. The van der Waals surface area contributed by atoms with Gasteiger partial charge in [-0.2, -0.15) is 0 Å². The lowest BCUT2D eigenvalue weighted by Crippen LogP contribution is -2.49. The van der Waals surface area contributed by atoms with Gasteiger partial charge in [-0.1, -0.05) is 47.0 Å². The number of urea groups is 1. The third-order valence-corrected chi connectivity index (χ3v) is 5.70. The Balaban J connectivity index is 1.71. The van der Waals surface area contributed by atoms with E-state index in [0.29, 0.717) is 21.3 Å². The largest absolute Gasteiger partial charge is 0.350 e. The SMILES string of the molecule is Cc1cc(C)c(NC(=O)N2C(=O)CC[C@H]2C(=O)NCc2ccc(Cl)cc2Cl)c(C)c1. The summed E-state index contributed by atoms with van der Waals surface area (Å²) in [7, 11) is 0. The smallest absolute Gasteiger partial charge is 0.329 e. The maximum Gasteiger partial charge on any atom is 0.329 e. The monoisotopic (exact) mass is 447 g/mol. The van der Waals surface area contributed by atoms with E-state index in [9.17, 15) is 14.4 Å². The molecule has 2 N–H and O–H groups in total. The summed E-state index contributed by atoms with van der Waals surface area (Å²) in [6, 6.07) is 7.43. The molecule has 1 fully saturated rings. The predicted molar refractivity (Wildman–Crippen MR) is 118 cm³/mol. The summed E-state index contributed by atoms with van der Waals surface area (Å²) in [6.07, 6.45) is 0.414. The van der Waals surface area contributed by atoms with Crippen LogP contribution in [0.5, 0.6) is 0 Å². The average Bonchev–Trinajstić information content (AvgIpc) is 3.05. The van der Waals surface area contributed by atoms with Crippen LogP contribution in [-0.2, 0) is 16.1 Å². The topological polar surface area (TPSA) is 78.5 Å². The van der Waals surface area contributed by atoms with Crippen LogP contribution in [-0.4, -0.2) is 28.8 Å². The number of amides is 4. The van der Waals surface area contributed by atoms with Crippen molar-refractivity contribution in [3.8, 4) is 0 Å².